The van der Waals surface area contributed by atoms with Crippen LogP contribution in [0, 0.1) is 0 Å². The summed E-state index contributed by atoms with van der Waals surface area (Å²) in [5, 5.41) is 5.70. The van der Waals surface area contributed by atoms with Gasteiger partial charge in [0.25, 0.3) is 0 Å². The summed E-state index contributed by atoms with van der Waals surface area (Å²) >= 11 is 0. The minimum Gasteiger partial charge on any atom is -0.497 e. The van der Waals surface area contributed by atoms with Crippen molar-refractivity contribution < 1.29 is 14.3 Å². The van der Waals surface area contributed by atoms with Crippen molar-refractivity contribution in [1.82, 2.24) is 10.6 Å². The Bertz CT molecular complexity index is 357. The number of carbonyl (C=O) groups is 1. The van der Waals surface area contributed by atoms with E-state index < -0.39 is 0 Å². The maximum atomic E-state index is 11.3. The Kier molecular flexibility index (Phi) is 9.66. The number of hydrogen-bond acceptors (Lipinski definition) is 4. The second-order valence-electron chi connectivity index (χ2n) is 3.73. The van der Waals surface area contributed by atoms with Gasteiger partial charge in [-0.05, 0) is 31.3 Å². The summed E-state index contributed by atoms with van der Waals surface area (Å²) in [4.78, 5) is 11.3. The molecule has 0 bridgehead atoms. The Hall–Kier alpha value is -1.46. The van der Waals surface area contributed by atoms with E-state index in [2.05, 4.69) is 10.6 Å². The number of benzene rings is 1. The first-order chi connectivity index (χ1) is 8.76. The van der Waals surface area contributed by atoms with E-state index in [1.54, 1.807) is 7.11 Å². The molecule has 6 heteroatoms. The third-order valence-electron chi connectivity index (χ3n) is 2.35. The molecule has 0 saturated heterocycles. The highest BCUT2D eigenvalue weighted by Crippen LogP contribution is 2.16. The summed E-state index contributed by atoms with van der Waals surface area (Å²) in [5.74, 6) is 1.59. The van der Waals surface area contributed by atoms with Crippen molar-refractivity contribution in [2.24, 2.45) is 0 Å². The van der Waals surface area contributed by atoms with Crippen LogP contribution in [0.1, 0.15) is 6.42 Å². The van der Waals surface area contributed by atoms with E-state index in [0.29, 0.717) is 26.1 Å². The number of nitrogens with one attached hydrogen (secondary N) is 2. The van der Waals surface area contributed by atoms with Crippen LogP contribution in [0.25, 0.3) is 0 Å². The van der Waals surface area contributed by atoms with Gasteiger partial charge < -0.3 is 20.1 Å². The molecule has 0 heterocycles. The van der Waals surface area contributed by atoms with Gasteiger partial charge in [-0.3, -0.25) is 4.79 Å². The summed E-state index contributed by atoms with van der Waals surface area (Å²) < 4.78 is 10.5. The number of hydrogen-bond donors (Lipinski definition) is 2. The predicted octanol–water partition coefficient (Wildman–Crippen LogP) is 1.22. The van der Waals surface area contributed by atoms with Gasteiger partial charge in [-0.25, -0.2) is 0 Å². The molecule has 0 aliphatic rings. The lowest BCUT2D eigenvalue weighted by Crippen LogP contribution is -2.30. The topological polar surface area (TPSA) is 59.6 Å². The summed E-state index contributed by atoms with van der Waals surface area (Å²) in [6.07, 6.45) is 0.485. The zero-order chi connectivity index (χ0) is 13.2. The standard InChI is InChI=1S/C13H20N2O3.ClH/c1-14-8-7-13(16)15-9-10-18-12-5-3-11(17-2)4-6-12;/h3-6,14H,7-10H2,1-2H3,(H,15,16);1H. The highest BCUT2D eigenvalue weighted by molar-refractivity contribution is 5.85. The van der Waals surface area contributed by atoms with Crippen LogP contribution < -0.4 is 20.1 Å². The largest absolute Gasteiger partial charge is 0.497 e. The molecule has 19 heavy (non-hydrogen) atoms. The quantitative estimate of drug-likeness (QED) is 0.706. The average molecular weight is 289 g/mol. The second-order valence-corrected chi connectivity index (χ2v) is 3.73. The number of rotatable bonds is 8. The average Bonchev–Trinajstić information content (AvgIpc) is 2.42. The van der Waals surface area contributed by atoms with Crippen molar-refractivity contribution in [2.45, 2.75) is 6.42 Å². The number of carbonyl (C=O) groups excluding carboxylic acids is 1. The molecule has 1 rings (SSSR count). The van der Waals surface area contributed by atoms with Gasteiger partial charge in [0.15, 0.2) is 0 Å². The molecule has 1 aromatic carbocycles. The van der Waals surface area contributed by atoms with E-state index in [4.69, 9.17) is 9.47 Å². The van der Waals surface area contributed by atoms with Crippen LogP contribution >= 0.6 is 12.4 Å². The Morgan fingerprint density at radius 1 is 1.16 bits per heavy atom. The zero-order valence-corrected chi connectivity index (χ0v) is 12.1. The van der Waals surface area contributed by atoms with Crippen LogP contribution in [0.15, 0.2) is 24.3 Å². The lowest BCUT2D eigenvalue weighted by atomic mass is 10.3. The summed E-state index contributed by atoms with van der Waals surface area (Å²) in [6.45, 7) is 1.65. The zero-order valence-electron chi connectivity index (χ0n) is 11.3. The van der Waals surface area contributed by atoms with Gasteiger partial charge in [0, 0.05) is 13.0 Å². The van der Waals surface area contributed by atoms with E-state index in [-0.39, 0.29) is 18.3 Å². The van der Waals surface area contributed by atoms with Gasteiger partial charge in [0.1, 0.15) is 18.1 Å². The first-order valence-electron chi connectivity index (χ1n) is 5.94. The first kappa shape index (κ1) is 17.5. The van der Waals surface area contributed by atoms with Crippen LogP contribution in [-0.4, -0.2) is 39.8 Å². The molecule has 0 spiro atoms. The number of methoxy groups -OCH3 is 1. The van der Waals surface area contributed by atoms with Crippen molar-refractivity contribution in [1.29, 1.82) is 0 Å². The molecule has 0 aromatic heterocycles. The van der Waals surface area contributed by atoms with Crippen LogP contribution in [0.2, 0.25) is 0 Å². The molecule has 0 aliphatic heterocycles. The van der Waals surface area contributed by atoms with Crippen molar-refractivity contribution in [3.05, 3.63) is 24.3 Å². The van der Waals surface area contributed by atoms with Crippen LogP contribution in [0.5, 0.6) is 11.5 Å². The van der Waals surface area contributed by atoms with E-state index in [1.165, 1.54) is 0 Å². The highest BCUT2D eigenvalue weighted by Gasteiger charge is 1.99. The van der Waals surface area contributed by atoms with E-state index in [1.807, 2.05) is 31.3 Å². The SMILES string of the molecule is CNCCC(=O)NCCOc1ccc(OC)cc1.Cl. The second kappa shape index (κ2) is 10.5. The van der Waals surface area contributed by atoms with Gasteiger partial charge in [0.2, 0.25) is 5.91 Å². The predicted molar refractivity (Wildman–Crippen MR) is 77.3 cm³/mol. The Morgan fingerprint density at radius 2 is 1.79 bits per heavy atom. The lowest BCUT2D eigenvalue weighted by molar-refractivity contribution is -0.121. The van der Waals surface area contributed by atoms with Crippen molar-refractivity contribution in [2.75, 3.05) is 33.9 Å². The summed E-state index contributed by atoms with van der Waals surface area (Å²) in [6, 6.07) is 7.34. The molecular formula is C13H21ClN2O3. The smallest absolute Gasteiger partial charge is 0.221 e. The number of ether oxygens (including phenoxy) is 2. The molecule has 108 valence electrons. The van der Waals surface area contributed by atoms with Crippen LogP contribution in [0.3, 0.4) is 0 Å². The van der Waals surface area contributed by atoms with Gasteiger partial charge >= 0.3 is 0 Å². The van der Waals surface area contributed by atoms with E-state index in [9.17, 15) is 4.79 Å². The lowest BCUT2D eigenvalue weighted by Gasteiger charge is -2.08. The van der Waals surface area contributed by atoms with Crippen molar-refractivity contribution in [3.63, 3.8) is 0 Å². The van der Waals surface area contributed by atoms with Gasteiger partial charge in [-0.1, -0.05) is 0 Å². The van der Waals surface area contributed by atoms with Crippen molar-refractivity contribution >= 4 is 18.3 Å². The Balaban J connectivity index is 0.00000324. The molecule has 1 aromatic rings. The third-order valence-corrected chi connectivity index (χ3v) is 2.35. The fraction of sp³-hybridized carbons (Fsp3) is 0.462. The minimum atomic E-state index is 0. The van der Waals surface area contributed by atoms with E-state index in [0.717, 1.165) is 11.5 Å². The van der Waals surface area contributed by atoms with Crippen LogP contribution in [0.4, 0.5) is 0 Å². The Morgan fingerprint density at radius 3 is 2.37 bits per heavy atom. The molecule has 0 fully saturated rings. The molecule has 2 N–H and O–H groups in total. The molecular weight excluding hydrogens is 268 g/mol. The Labute approximate surface area is 120 Å². The number of halogens is 1. The van der Waals surface area contributed by atoms with Gasteiger partial charge in [-0.15, -0.1) is 12.4 Å². The van der Waals surface area contributed by atoms with Gasteiger partial charge in [-0.2, -0.15) is 0 Å². The monoisotopic (exact) mass is 288 g/mol. The van der Waals surface area contributed by atoms with E-state index >= 15 is 0 Å². The summed E-state index contributed by atoms with van der Waals surface area (Å²) in [5.41, 5.74) is 0. The summed E-state index contributed by atoms with van der Waals surface area (Å²) in [7, 11) is 3.44. The maximum Gasteiger partial charge on any atom is 0.221 e. The fourth-order valence-electron chi connectivity index (χ4n) is 1.36. The molecule has 1 amide bonds. The fourth-order valence-corrected chi connectivity index (χ4v) is 1.36. The highest BCUT2D eigenvalue weighted by atomic mass is 35.5. The molecule has 0 aliphatic carbocycles. The molecule has 0 unspecified atom stereocenters. The maximum absolute atomic E-state index is 11.3. The molecule has 0 atom stereocenters. The van der Waals surface area contributed by atoms with Gasteiger partial charge in [0.05, 0.1) is 13.7 Å². The minimum absolute atomic E-state index is 0. The number of amides is 1. The normalized spacial score (nSPS) is 9.37. The van der Waals surface area contributed by atoms with Crippen molar-refractivity contribution in [3.8, 4) is 11.5 Å². The third kappa shape index (κ3) is 7.54. The molecule has 0 radical (unpaired) electrons. The first-order valence-corrected chi connectivity index (χ1v) is 5.94. The molecule has 0 saturated carbocycles. The molecule has 5 nitrogen and oxygen atoms in total. The van der Waals surface area contributed by atoms with Crippen LogP contribution in [-0.2, 0) is 4.79 Å².